The number of carboxylic acid groups (broad SMARTS) is 1. The maximum Gasteiger partial charge on any atom is 0.407 e. The molecule has 1 aliphatic rings. The Morgan fingerprint density at radius 3 is 2.24 bits per heavy atom. The topological polar surface area (TPSA) is 105 Å². The summed E-state index contributed by atoms with van der Waals surface area (Å²) in [5, 5.41) is 11.6. The van der Waals surface area contributed by atoms with Crippen molar-refractivity contribution in [2.75, 3.05) is 40.0 Å². The van der Waals surface area contributed by atoms with Crippen LogP contribution in [0.15, 0.2) is 60.2 Å². The van der Waals surface area contributed by atoms with Crippen molar-refractivity contribution in [3.8, 4) is 11.1 Å². The van der Waals surface area contributed by atoms with Gasteiger partial charge in [-0.3, -0.25) is 9.59 Å². The number of hydrogen-bond donors (Lipinski definition) is 2. The molecule has 0 radical (unpaired) electrons. The summed E-state index contributed by atoms with van der Waals surface area (Å²) in [6, 6.07) is 16.2. The summed E-state index contributed by atoms with van der Waals surface area (Å²) in [5.74, 6) is -1.57. The first kappa shape index (κ1) is 24.0. The third kappa shape index (κ3) is 5.98. The van der Waals surface area contributed by atoms with Crippen LogP contribution in [-0.2, 0) is 19.1 Å². The number of carbonyl (C=O) groups is 3. The van der Waals surface area contributed by atoms with E-state index in [9.17, 15) is 14.4 Å². The maximum atomic E-state index is 12.5. The van der Waals surface area contributed by atoms with Crippen molar-refractivity contribution in [3.05, 3.63) is 71.3 Å². The average molecular weight is 453 g/mol. The number of aliphatic carboxylic acids is 1. The number of nitrogens with one attached hydrogen (secondary N) is 1. The van der Waals surface area contributed by atoms with Gasteiger partial charge in [-0.15, -0.1) is 0 Å². The van der Waals surface area contributed by atoms with Gasteiger partial charge in [-0.05, 0) is 29.2 Å². The highest BCUT2D eigenvalue weighted by atomic mass is 16.5. The van der Waals surface area contributed by atoms with Gasteiger partial charge in [0.1, 0.15) is 13.2 Å². The first-order valence-corrected chi connectivity index (χ1v) is 10.7. The minimum Gasteiger partial charge on any atom is -0.480 e. The van der Waals surface area contributed by atoms with E-state index >= 15 is 0 Å². The number of amides is 2. The van der Waals surface area contributed by atoms with Crippen LogP contribution in [0.5, 0.6) is 0 Å². The molecule has 2 aromatic rings. The molecule has 0 heterocycles. The summed E-state index contributed by atoms with van der Waals surface area (Å²) in [5.41, 5.74) is 4.88. The van der Waals surface area contributed by atoms with E-state index < -0.39 is 24.5 Å². The van der Waals surface area contributed by atoms with Crippen LogP contribution in [0.1, 0.15) is 24.0 Å². The molecule has 0 fully saturated rings. The summed E-state index contributed by atoms with van der Waals surface area (Å²) in [7, 11) is 1.48. The molecule has 1 aliphatic carbocycles. The van der Waals surface area contributed by atoms with Crippen molar-refractivity contribution in [1.82, 2.24) is 10.2 Å². The van der Waals surface area contributed by atoms with Crippen molar-refractivity contribution in [2.24, 2.45) is 0 Å². The Labute approximate surface area is 192 Å². The Hall–Kier alpha value is -3.65. The fourth-order valence-electron chi connectivity index (χ4n) is 3.89. The maximum absolute atomic E-state index is 12.5. The van der Waals surface area contributed by atoms with Gasteiger partial charge in [0.05, 0.1) is 6.61 Å². The molecule has 0 saturated carbocycles. The van der Waals surface area contributed by atoms with Crippen molar-refractivity contribution >= 4 is 18.0 Å². The SMILES string of the molecule is COCCN(CC(=O)O)C(=O)/C(C)=C/CNC(=O)OCC1c2ccccc2-c2ccccc21. The molecule has 0 atom stereocenters. The van der Waals surface area contributed by atoms with Crippen LogP contribution in [-0.4, -0.2) is 67.9 Å². The number of rotatable bonds is 10. The van der Waals surface area contributed by atoms with Crippen molar-refractivity contribution in [1.29, 1.82) is 0 Å². The second-order valence-corrected chi connectivity index (χ2v) is 7.71. The van der Waals surface area contributed by atoms with Gasteiger partial charge < -0.3 is 24.8 Å². The van der Waals surface area contributed by atoms with Gasteiger partial charge in [-0.1, -0.05) is 54.6 Å². The molecular weight excluding hydrogens is 424 g/mol. The van der Waals surface area contributed by atoms with E-state index in [2.05, 4.69) is 17.4 Å². The first-order valence-electron chi connectivity index (χ1n) is 10.7. The number of fused-ring (bicyclic) bond motifs is 3. The predicted octanol–water partition coefficient (Wildman–Crippen LogP) is 3.03. The van der Waals surface area contributed by atoms with E-state index in [1.54, 1.807) is 6.92 Å². The smallest absolute Gasteiger partial charge is 0.407 e. The van der Waals surface area contributed by atoms with E-state index in [4.69, 9.17) is 14.6 Å². The first-order chi connectivity index (χ1) is 15.9. The number of ether oxygens (including phenoxy) is 2. The number of carboxylic acids is 1. The molecule has 174 valence electrons. The molecule has 0 bridgehead atoms. The molecule has 0 saturated heterocycles. The lowest BCUT2D eigenvalue weighted by molar-refractivity contribution is -0.143. The minimum absolute atomic E-state index is 0.0348. The largest absolute Gasteiger partial charge is 0.480 e. The number of hydrogen-bond acceptors (Lipinski definition) is 5. The Bertz CT molecular complexity index is 1000. The Kier molecular flexibility index (Phi) is 8.21. The summed E-state index contributed by atoms with van der Waals surface area (Å²) in [6.45, 7) is 1.82. The summed E-state index contributed by atoms with van der Waals surface area (Å²) in [6.07, 6.45) is 0.945. The van der Waals surface area contributed by atoms with Gasteiger partial charge in [0.2, 0.25) is 5.91 Å². The highest BCUT2D eigenvalue weighted by molar-refractivity contribution is 5.94. The number of alkyl carbamates (subject to hydrolysis) is 1. The lowest BCUT2D eigenvalue weighted by Crippen LogP contribution is -2.38. The van der Waals surface area contributed by atoms with Crippen molar-refractivity contribution in [3.63, 3.8) is 0 Å². The Balaban J connectivity index is 1.54. The summed E-state index contributed by atoms with van der Waals surface area (Å²) >= 11 is 0. The van der Waals surface area contributed by atoms with Crippen molar-refractivity contribution in [2.45, 2.75) is 12.8 Å². The minimum atomic E-state index is -1.11. The zero-order valence-electron chi connectivity index (χ0n) is 18.7. The fraction of sp³-hybridized carbons (Fsp3) is 0.320. The predicted molar refractivity (Wildman–Crippen MR) is 123 cm³/mol. The molecule has 0 aromatic heterocycles. The zero-order valence-corrected chi connectivity index (χ0v) is 18.7. The molecule has 3 rings (SSSR count). The fourth-order valence-corrected chi connectivity index (χ4v) is 3.89. The molecule has 0 unspecified atom stereocenters. The second-order valence-electron chi connectivity index (χ2n) is 7.71. The van der Waals surface area contributed by atoms with Crippen LogP contribution < -0.4 is 5.32 Å². The van der Waals surface area contributed by atoms with Gasteiger partial charge >= 0.3 is 12.1 Å². The van der Waals surface area contributed by atoms with E-state index in [1.165, 1.54) is 18.1 Å². The molecule has 2 amide bonds. The molecule has 0 spiro atoms. The normalized spacial score (nSPS) is 12.6. The molecule has 8 heteroatoms. The van der Waals surface area contributed by atoms with Crippen LogP contribution in [0.2, 0.25) is 0 Å². The molecule has 2 N–H and O–H groups in total. The van der Waals surface area contributed by atoms with Gasteiger partial charge in [0.25, 0.3) is 0 Å². The monoisotopic (exact) mass is 452 g/mol. The summed E-state index contributed by atoms with van der Waals surface area (Å²) in [4.78, 5) is 36.9. The average Bonchev–Trinajstić information content (AvgIpc) is 3.13. The van der Waals surface area contributed by atoms with Crippen molar-refractivity contribution < 1.29 is 29.0 Å². The van der Waals surface area contributed by atoms with Gasteiger partial charge in [0.15, 0.2) is 0 Å². The van der Waals surface area contributed by atoms with Crippen LogP contribution in [0, 0.1) is 0 Å². The van der Waals surface area contributed by atoms with E-state index in [0.717, 1.165) is 22.3 Å². The molecule has 8 nitrogen and oxygen atoms in total. The van der Waals surface area contributed by atoms with Gasteiger partial charge in [-0.25, -0.2) is 4.79 Å². The highest BCUT2D eigenvalue weighted by Crippen LogP contribution is 2.44. The van der Waals surface area contributed by atoms with Gasteiger partial charge in [-0.2, -0.15) is 0 Å². The van der Waals surface area contributed by atoms with Crippen LogP contribution in [0.4, 0.5) is 4.79 Å². The lowest BCUT2D eigenvalue weighted by atomic mass is 9.98. The third-order valence-corrected chi connectivity index (χ3v) is 5.51. The van der Waals surface area contributed by atoms with Crippen LogP contribution in [0.3, 0.4) is 0 Å². The van der Waals surface area contributed by atoms with Crippen LogP contribution >= 0.6 is 0 Å². The molecular formula is C25H28N2O6. The number of carbonyl (C=O) groups excluding carboxylic acids is 2. The van der Waals surface area contributed by atoms with Crippen LogP contribution in [0.25, 0.3) is 11.1 Å². The Morgan fingerprint density at radius 2 is 1.67 bits per heavy atom. The number of benzene rings is 2. The quantitative estimate of drug-likeness (QED) is 0.537. The Morgan fingerprint density at radius 1 is 1.06 bits per heavy atom. The zero-order chi connectivity index (χ0) is 23.8. The standard InChI is InChI=1S/C25H28N2O6/c1-17(24(30)27(13-14-32-2)15-23(28)29)11-12-26-25(31)33-16-22-20-9-5-3-7-18(20)19-8-4-6-10-21(19)22/h3-11,22H,12-16H2,1-2H3,(H,26,31)(H,28,29)/b17-11+. The van der Waals surface area contributed by atoms with E-state index in [-0.39, 0.29) is 32.2 Å². The molecule has 0 aliphatic heterocycles. The molecule has 2 aromatic carbocycles. The molecule has 33 heavy (non-hydrogen) atoms. The van der Waals surface area contributed by atoms with Gasteiger partial charge in [0, 0.05) is 31.7 Å². The van der Waals surface area contributed by atoms with E-state index in [0.29, 0.717) is 5.57 Å². The highest BCUT2D eigenvalue weighted by Gasteiger charge is 2.29. The number of methoxy groups -OCH3 is 1. The third-order valence-electron chi connectivity index (χ3n) is 5.51. The number of nitrogens with zero attached hydrogens (tertiary/aromatic N) is 1. The van der Waals surface area contributed by atoms with E-state index in [1.807, 2.05) is 36.4 Å². The second kappa shape index (κ2) is 11.3. The summed E-state index contributed by atoms with van der Waals surface area (Å²) < 4.78 is 10.4. The lowest BCUT2D eigenvalue weighted by Gasteiger charge is -2.20.